The van der Waals surface area contributed by atoms with Gasteiger partial charge in [0.15, 0.2) is 0 Å². The first kappa shape index (κ1) is 12.1. The molecule has 1 N–H and O–H groups in total. The van der Waals surface area contributed by atoms with Gasteiger partial charge in [-0.25, -0.2) is 0 Å². The van der Waals surface area contributed by atoms with Crippen LogP contribution >= 0.6 is 0 Å². The van der Waals surface area contributed by atoms with Crippen molar-refractivity contribution < 1.29 is 9.53 Å². The van der Waals surface area contributed by atoms with Crippen molar-refractivity contribution in [3.8, 4) is 17.0 Å². The third-order valence-corrected chi connectivity index (χ3v) is 2.45. The van der Waals surface area contributed by atoms with Crippen molar-refractivity contribution in [2.45, 2.75) is 6.92 Å². The molecule has 1 aromatic heterocycles. The van der Waals surface area contributed by atoms with E-state index >= 15 is 0 Å². The lowest BCUT2D eigenvalue weighted by Crippen LogP contribution is -2.05. The van der Waals surface area contributed by atoms with Gasteiger partial charge in [0, 0.05) is 24.4 Å². The Morgan fingerprint density at radius 1 is 1.28 bits per heavy atom. The van der Waals surface area contributed by atoms with Gasteiger partial charge in [0.1, 0.15) is 11.4 Å². The first-order chi connectivity index (χ1) is 8.70. The Morgan fingerprint density at radius 2 is 2.11 bits per heavy atom. The molecule has 0 aliphatic rings. The molecule has 18 heavy (non-hydrogen) atoms. The lowest BCUT2D eigenvalue weighted by molar-refractivity contribution is -0.114. The summed E-state index contributed by atoms with van der Waals surface area (Å²) >= 11 is 0. The maximum atomic E-state index is 11.0. The van der Waals surface area contributed by atoms with Crippen LogP contribution < -0.4 is 10.1 Å². The number of carbonyl (C=O) groups is 1. The smallest absolute Gasteiger partial charge is 0.221 e. The fourth-order valence-corrected chi connectivity index (χ4v) is 1.72. The van der Waals surface area contributed by atoms with E-state index in [9.17, 15) is 4.79 Å². The van der Waals surface area contributed by atoms with Crippen molar-refractivity contribution in [3.63, 3.8) is 0 Å². The van der Waals surface area contributed by atoms with E-state index in [1.165, 1.54) is 6.92 Å². The molecule has 0 spiro atoms. The maximum absolute atomic E-state index is 11.0. The molecule has 1 amide bonds. The van der Waals surface area contributed by atoms with Gasteiger partial charge in [0.05, 0.1) is 7.11 Å². The van der Waals surface area contributed by atoms with Crippen molar-refractivity contribution in [1.82, 2.24) is 4.98 Å². The van der Waals surface area contributed by atoms with Gasteiger partial charge in [-0.1, -0.05) is 12.1 Å². The van der Waals surface area contributed by atoms with Crippen LogP contribution in [0.2, 0.25) is 0 Å². The van der Waals surface area contributed by atoms with E-state index in [4.69, 9.17) is 4.74 Å². The second-order valence-electron chi connectivity index (χ2n) is 3.82. The zero-order chi connectivity index (χ0) is 13.0. The van der Waals surface area contributed by atoms with Crippen molar-refractivity contribution in [1.29, 1.82) is 0 Å². The second-order valence-corrected chi connectivity index (χ2v) is 3.82. The molecule has 0 radical (unpaired) electrons. The lowest BCUT2D eigenvalue weighted by atomic mass is 10.1. The number of benzene rings is 1. The lowest BCUT2D eigenvalue weighted by Gasteiger charge is -2.08. The fourth-order valence-electron chi connectivity index (χ4n) is 1.72. The van der Waals surface area contributed by atoms with Crippen LogP contribution in [0.15, 0.2) is 42.6 Å². The highest BCUT2D eigenvalue weighted by Gasteiger charge is 2.07. The van der Waals surface area contributed by atoms with Crippen molar-refractivity contribution in [3.05, 3.63) is 42.6 Å². The van der Waals surface area contributed by atoms with E-state index in [0.29, 0.717) is 5.75 Å². The Bertz CT molecular complexity index is 567. The first-order valence-corrected chi connectivity index (χ1v) is 5.58. The van der Waals surface area contributed by atoms with Crippen LogP contribution in [0.25, 0.3) is 11.3 Å². The molecule has 0 fully saturated rings. The molecule has 1 heterocycles. The number of anilines is 1. The molecule has 0 aliphatic heterocycles. The second kappa shape index (κ2) is 5.31. The predicted molar refractivity (Wildman–Crippen MR) is 70.5 cm³/mol. The predicted octanol–water partition coefficient (Wildman–Crippen LogP) is 2.72. The van der Waals surface area contributed by atoms with E-state index in [1.807, 2.05) is 36.4 Å². The quantitative estimate of drug-likeness (QED) is 0.900. The number of hydrogen-bond donors (Lipinski definition) is 1. The molecule has 2 rings (SSSR count). The van der Waals surface area contributed by atoms with E-state index < -0.39 is 0 Å². The van der Waals surface area contributed by atoms with Crippen LogP contribution in [-0.4, -0.2) is 18.0 Å². The maximum Gasteiger partial charge on any atom is 0.221 e. The van der Waals surface area contributed by atoms with Crippen LogP contribution in [0, 0.1) is 0 Å². The Hall–Kier alpha value is -2.36. The standard InChI is InChI=1S/C14H14N2O2/c1-10(17)16-12-6-3-5-11(9-12)14-13(18-2)7-4-8-15-14/h3-9H,1-2H3,(H,16,17). The molecule has 0 aliphatic carbocycles. The van der Waals surface area contributed by atoms with E-state index in [2.05, 4.69) is 10.3 Å². The SMILES string of the molecule is COc1cccnc1-c1cccc(NC(C)=O)c1. The summed E-state index contributed by atoms with van der Waals surface area (Å²) < 4.78 is 5.27. The highest BCUT2D eigenvalue weighted by molar-refractivity contribution is 5.89. The number of aromatic nitrogens is 1. The molecule has 0 bridgehead atoms. The summed E-state index contributed by atoms with van der Waals surface area (Å²) in [6.07, 6.45) is 1.71. The number of hydrogen-bond acceptors (Lipinski definition) is 3. The summed E-state index contributed by atoms with van der Waals surface area (Å²) in [5, 5.41) is 2.74. The number of amides is 1. The summed E-state index contributed by atoms with van der Waals surface area (Å²) in [5.74, 6) is 0.609. The molecule has 4 nitrogen and oxygen atoms in total. The summed E-state index contributed by atoms with van der Waals surface area (Å²) in [4.78, 5) is 15.3. The van der Waals surface area contributed by atoms with Crippen LogP contribution in [0.3, 0.4) is 0 Å². The first-order valence-electron chi connectivity index (χ1n) is 5.58. The van der Waals surface area contributed by atoms with Gasteiger partial charge in [0.2, 0.25) is 5.91 Å². The zero-order valence-corrected chi connectivity index (χ0v) is 10.3. The molecule has 4 heteroatoms. The summed E-state index contributed by atoms with van der Waals surface area (Å²) in [5.41, 5.74) is 2.40. The number of carbonyl (C=O) groups excluding carboxylic acids is 1. The van der Waals surface area contributed by atoms with Gasteiger partial charge in [-0.3, -0.25) is 9.78 Å². The van der Waals surface area contributed by atoms with Crippen molar-refractivity contribution >= 4 is 11.6 Å². The number of nitrogens with zero attached hydrogens (tertiary/aromatic N) is 1. The molecule has 1 aromatic carbocycles. The van der Waals surface area contributed by atoms with Gasteiger partial charge in [-0.15, -0.1) is 0 Å². The van der Waals surface area contributed by atoms with Gasteiger partial charge < -0.3 is 10.1 Å². The largest absolute Gasteiger partial charge is 0.494 e. The average Bonchev–Trinajstić information content (AvgIpc) is 2.38. The van der Waals surface area contributed by atoms with Crippen LogP contribution in [0.1, 0.15) is 6.92 Å². The topological polar surface area (TPSA) is 51.2 Å². The molecule has 0 unspecified atom stereocenters. The molecule has 92 valence electrons. The van der Waals surface area contributed by atoms with Gasteiger partial charge >= 0.3 is 0 Å². The minimum Gasteiger partial charge on any atom is -0.494 e. The summed E-state index contributed by atoms with van der Waals surface area (Å²) in [6.45, 7) is 1.48. The molecule has 0 atom stereocenters. The Kier molecular flexibility index (Phi) is 3.57. The minimum atomic E-state index is -0.0971. The average molecular weight is 242 g/mol. The van der Waals surface area contributed by atoms with Gasteiger partial charge in [-0.2, -0.15) is 0 Å². The number of nitrogens with one attached hydrogen (secondary N) is 1. The molecule has 0 saturated carbocycles. The number of ether oxygens (including phenoxy) is 1. The van der Waals surface area contributed by atoms with Crippen LogP contribution in [0.4, 0.5) is 5.69 Å². The monoisotopic (exact) mass is 242 g/mol. The van der Waals surface area contributed by atoms with Crippen LogP contribution in [0.5, 0.6) is 5.75 Å². The minimum absolute atomic E-state index is 0.0971. The summed E-state index contributed by atoms with van der Waals surface area (Å²) in [7, 11) is 1.61. The number of pyridine rings is 1. The number of rotatable bonds is 3. The Balaban J connectivity index is 2.41. The Morgan fingerprint density at radius 3 is 2.83 bits per heavy atom. The summed E-state index contributed by atoms with van der Waals surface area (Å²) in [6, 6.07) is 11.2. The normalized spacial score (nSPS) is 9.89. The Labute approximate surface area is 106 Å². The van der Waals surface area contributed by atoms with Crippen LogP contribution in [-0.2, 0) is 4.79 Å². The molecule has 2 aromatic rings. The molecular formula is C14H14N2O2. The van der Waals surface area contributed by atoms with Crippen molar-refractivity contribution in [2.24, 2.45) is 0 Å². The fraction of sp³-hybridized carbons (Fsp3) is 0.143. The third kappa shape index (κ3) is 2.66. The molecule has 0 saturated heterocycles. The highest BCUT2D eigenvalue weighted by atomic mass is 16.5. The number of methoxy groups -OCH3 is 1. The van der Waals surface area contributed by atoms with Crippen molar-refractivity contribution in [2.75, 3.05) is 12.4 Å². The highest BCUT2D eigenvalue weighted by Crippen LogP contribution is 2.28. The third-order valence-electron chi connectivity index (χ3n) is 2.45. The zero-order valence-electron chi connectivity index (χ0n) is 10.3. The molecular weight excluding hydrogens is 228 g/mol. The van der Waals surface area contributed by atoms with E-state index in [0.717, 1.165) is 16.9 Å². The van der Waals surface area contributed by atoms with Gasteiger partial charge in [0.25, 0.3) is 0 Å². The van der Waals surface area contributed by atoms with E-state index in [1.54, 1.807) is 13.3 Å². The van der Waals surface area contributed by atoms with E-state index in [-0.39, 0.29) is 5.91 Å². The van der Waals surface area contributed by atoms with Gasteiger partial charge in [-0.05, 0) is 24.3 Å².